The van der Waals surface area contributed by atoms with E-state index in [1.165, 1.54) is 41.5 Å². The van der Waals surface area contributed by atoms with E-state index in [4.69, 9.17) is 0 Å². The third-order valence-electron chi connectivity index (χ3n) is 3.17. The number of likely N-dealkylation sites (tertiary alicyclic amines) is 1. The minimum atomic E-state index is 0.540. The quantitative estimate of drug-likeness (QED) is 0.874. The van der Waals surface area contributed by atoms with Crippen molar-refractivity contribution in [1.29, 1.82) is 0 Å². The van der Waals surface area contributed by atoms with Gasteiger partial charge < -0.3 is 5.32 Å². The zero-order chi connectivity index (χ0) is 12.3. The maximum Gasteiger partial charge on any atom is 0.107 e. The van der Waals surface area contributed by atoms with E-state index < -0.39 is 0 Å². The lowest BCUT2D eigenvalue weighted by Crippen LogP contribution is -2.21. The molecule has 0 spiro atoms. The van der Waals surface area contributed by atoms with Crippen LogP contribution < -0.4 is 5.32 Å². The molecule has 3 nitrogen and oxygen atoms in total. The van der Waals surface area contributed by atoms with Crippen molar-refractivity contribution in [3.05, 3.63) is 15.6 Å². The smallest absolute Gasteiger partial charge is 0.107 e. The predicted molar refractivity (Wildman–Crippen MR) is 73.3 cm³/mol. The van der Waals surface area contributed by atoms with Crippen molar-refractivity contribution in [1.82, 2.24) is 15.2 Å². The number of rotatable bonds is 5. The molecule has 2 heterocycles. The van der Waals surface area contributed by atoms with Gasteiger partial charge in [0.25, 0.3) is 0 Å². The van der Waals surface area contributed by atoms with Crippen molar-refractivity contribution >= 4 is 11.3 Å². The van der Waals surface area contributed by atoms with E-state index in [1.807, 2.05) is 11.3 Å². The highest BCUT2D eigenvalue weighted by molar-refractivity contribution is 7.11. The van der Waals surface area contributed by atoms with Crippen LogP contribution in [0.3, 0.4) is 0 Å². The average molecular weight is 253 g/mol. The Kier molecular flexibility index (Phi) is 4.54. The van der Waals surface area contributed by atoms with Crippen molar-refractivity contribution < 1.29 is 0 Å². The summed E-state index contributed by atoms with van der Waals surface area (Å²) in [4.78, 5) is 8.60. The summed E-state index contributed by atoms with van der Waals surface area (Å²) in [7, 11) is 0. The molecule has 0 amide bonds. The average Bonchev–Trinajstić information content (AvgIpc) is 2.86. The SMILES string of the molecule is Cc1nc(CN2CCCC2)sc1CNC(C)C. The lowest BCUT2D eigenvalue weighted by Gasteiger charge is -2.11. The van der Waals surface area contributed by atoms with Crippen molar-refractivity contribution in [2.24, 2.45) is 0 Å². The molecule has 1 aromatic heterocycles. The van der Waals surface area contributed by atoms with Crippen LogP contribution in [0.2, 0.25) is 0 Å². The highest BCUT2D eigenvalue weighted by Gasteiger charge is 2.15. The summed E-state index contributed by atoms with van der Waals surface area (Å²) in [6, 6.07) is 0.540. The molecule has 0 aromatic carbocycles. The maximum atomic E-state index is 4.69. The van der Waals surface area contributed by atoms with Gasteiger partial charge in [-0.05, 0) is 32.9 Å². The predicted octanol–water partition coefficient (Wildman–Crippen LogP) is 2.55. The van der Waals surface area contributed by atoms with Crippen LogP contribution in [0.25, 0.3) is 0 Å². The van der Waals surface area contributed by atoms with Crippen LogP contribution in [0.5, 0.6) is 0 Å². The molecule has 0 bridgehead atoms. The third kappa shape index (κ3) is 3.76. The Hall–Kier alpha value is -0.450. The molecule has 4 heteroatoms. The lowest BCUT2D eigenvalue weighted by molar-refractivity contribution is 0.330. The van der Waals surface area contributed by atoms with Crippen LogP contribution in [0, 0.1) is 6.92 Å². The maximum absolute atomic E-state index is 4.69. The monoisotopic (exact) mass is 253 g/mol. The first kappa shape index (κ1) is 13.0. The van der Waals surface area contributed by atoms with E-state index in [2.05, 4.69) is 36.0 Å². The fraction of sp³-hybridized carbons (Fsp3) is 0.769. The fourth-order valence-corrected chi connectivity index (χ4v) is 3.21. The Labute approximate surface area is 108 Å². The zero-order valence-corrected chi connectivity index (χ0v) is 11.9. The van der Waals surface area contributed by atoms with Gasteiger partial charge in [0, 0.05) is 17.5 Å². The van der Waals surface area contributed by atoms with E-state index in [9.17, 15) is 0 Å². The summed E-state index contributed by atoms with van der Waals surface area (Å²) in [5.74, 6) is 0. The Balaban J connectivity index is 1.92. The van der Waals surface area contributed by atoms with Gasteiger partial charge in [-0.25, -0.2) is 4.98 Å². The largest absolute Gasteiger partial charge is 0.310 e. The molecular weight excluding hydrogens is 230 g/mol. The highest BCUT2D eigenvalue weighted by atomic mass is 32.1. The minimum absolute atomic E-state index is 0.540. The summed E-state index contributed by atoms with van der Waals surface area (Å²) in [5.41, 5.74) is 1.21. The van der Waals surface area contributed by atoms with Crippen molar-refractivity contribution in [3.63, 3.8) is 0 Å². The number of aryl methyl sites for hydroxylation is 1. The van der Waals surface area contributed by atoms with E-state index in [-0.39, 0.29) is 0 Å². The first-order valence-corrected chi connectivity index (χ1v) is 7.37. The molecule has 1 saturated heterocycles. The van der Waals surface area contributed by atoms with Crippen LogP contribution in [0.1, 0.15) is 42.3 Å². The Morgan fingerprint density at radius 3 is 2.71 bits per heavy atom. The van der Waals surface area contributed by atoms with Crippen LogP contribution >= 0.6 is 11.3 Å². The second-order valence-electron chi connectivity index (χ2n) is 5.14. The second kappa shape index (κ2) is 5.94. The van der Waals surface area contributed by atoms with E-state index in [0.29, 0.717) is 6.04 Å². The standard InChI is InChI=1S/C13H23N3S/c1-10(2)14-8-12-11(3)15-13(17-12)9-16-6-4-5-7-16/h10,14H,4-9H2,1-3H3. The summed E-state index contributed by atoms with van der Waals surface area (Å²) in [6.07, 6.45) is 2.71. The van der Waals surface area contributed by atoms with Gasteiger partial charge in [-0.2, -0.15) is 0 Å². The molecule has 1 aliphatic rings. The van der Waals surface area contributed by atoms with Crippen LogP contribution in [-0.4, -0.2) is 29.0 Å². The Morgan fingerprint density at radius 2 is 2.06 bits per heavy atom. The summed E-state index contributed by atoms with van der Waals surface area (Å²) < 4.78 is 0. The topological polar surface area (TPSA) is 28.2 Å². The second-order valence-corrected chi connectivity index (χ2v) is 6.30. The Bertz CT molecular complexity index is 354. The fourth-order valence-electron chi connectivity index (χ4n) is 2.15. The summed E-state index contributed by atoms with van der Waals surface area (Å²) >= 11 is 1.87. The van der Waals surface area contributed by atoms with Crippen molar-refractivity contribution in [2.75, 3.05) is 13.1 Å². The van der Waals surface area contributed by atoms with Gasteiger partial charge in [-0.15, -0.1) is 11.3 Å². The van der Waals surface area contributed by atoms with Crippen LogP contribution in [0.4, 0.5) is 0 Å². The minimum Gasteiger partial charge on any atom is -0.310 e. The van der Waals surface area contributed by atoms with Crippen LogP contribution in [-0.2, 0) is 13.1 Å². The normalized spacial score (nSPS) is 17.2. The molecule has 1 N–H and O–H groups in total. The third-order valence-corrected chi connectivity index (χ3v) is 4.31. The number of nitrogens with zero attached hydrogens (tertiary/aromatic N) is 2. The number of thiazole rings is 1. The molecule has 17 heavy (non-hydrogen) atoms. The lowest BCUT2D eigenvalue weighted by atomic mass is 10.3. The number of hydrogen-bond acceptors (Lipinski definition) is 4. The van der Waals surface area contributed by atoms with Gasteiger partial charge >= 0.3 is 0 Å². The van der Waals surface area contributed by atoms with Crippen LogP contribution in [0.15, 0.2) is 0 Å². The molecule has 0 unspecified atom stereocenters. The van der Waals surface area contributed by atoms with E-state index >= 15 is 0 Å². The molecule has 1 aromatic rings. The van der Waals surface area contributed by atoms with Gasteiger partial charge in [0.1, 0.15) is 5.01 Å². The van der Waals surface area contributed by atoms with E-state index in [0.717, 1.165) is 13.1 Å². The van der Waals surface area contributed by atoms with Gasteiger partial charge in [0.15, 0.2) is 0 Å². The molecule has 2 rings (SSSR count). The molecule has 0 saturated carbocycles. The van der Waals surface area contributed by atoms with Gasteiger partial charge in [0.2, 0.25) is 0 Å². The first-order valence-electron chi connectivity index (χ1n) is 6.56. The highest BCUT2D eigenvalue weighted by Crippen LogP contribution is 2.21. The molecule has 96 valence electrons. The molecule has 0 radical (unpaired) electrons. The Morgan fingerprint density at radius 1 is 1.35 bits per heavy atom. The zero-order valence-electron chi connectivity index (χ0n) is 11.1. The molecular formula is C13H23N3S. The molecule has 1 aliphatic heterocycles. The first-order chi connectivity index (χ1) is 8.15. The van der Waals surface area contributed by atoms with E-state index in [1.54, 1.807) is 0 Å². The molecule has 0 aliphatic carbocycles. The molecule has 0 atom stereocenters. The molecule has 1 fully saturated rings. The number of aromatic nitrogens is 1. The van der Waals surface area contributed by atoms with Gasteiger partial charge in [-0.3, -0.25) is 4.90 Å². The van der Waals surface area contributed by atoms with Gasteiger partial charge in [0.05, 0.1) is 12.2 Å². The number of hydrogen-bond donors (Lipinski definition) is 1. The van der Waals surface area contributed by atoms with Crippen molar-refractivity contribution in [2.45, 2.75) is 52.7 Å². The summed E-state index contributed by atoms with van der Waals surface area (Å²) in [5, 5.41) is 4.75. The van der Waals surface area contributed by atoms with Gasteiger partial charge in [-0.1, -0.05) is 13.8 Å². The number of nitrogens with one attached hydrogen (secondary N) is 1. The van der Waals surface area contributed by atoms with Crippen molar-refractivity contribution in [3.8, 4) is 0 Å². The summed E-state index contributed by atoms with van der Waals surface area (Å²) in [6.45, 7) is 11.0.